The summed E-state index contributed by atoms with van der Waals surface area (Å²) in [6.45, 7) is 1.72. The van der Waals surface area contributed by atoms with Crippen molar-refractivity contribution in [2.24, 2.45) is 5.84 Å². The lowest BCUT2D eigenvalue weighted by Gasteiger charge is -2.11. The van der Waals surface area contributed by atoms with Gasteiger partial charge in [0.2, 0.25) is 0 Å². The number of carbonyl (C=O) groups is 2. The molecule has 1 amide bonds. The van der Waals surface area contributed by atoms with Crippen LogP contribution in [-0.4, -0.2) is 32.2 Å². The molecule has 0 spiro atoms. The fraction of sp³-hybridized carbons (Fsp3) is 0.286. The van der Waals surface area contributed by atoms with Gasteiger partial charge >= 0.3 is 5.97 Å². The number of nitrogens with one attached hydrogen (secondary N) is 1. The van der Waals surface area contributed by atoms with Crippen LogP contribution in [0.2, 0.25) is 0 Å². The molecule has 114 valence electrons. The van der Waals surface area contributed by atoms with Gasteiger partial charge in [-0.3, -0.25) is 15.0 Å². The van der Waals surface area contributed by atoms with E-state index < -0.39 is 5.91 Å². The van der Waals surface area contributed by atoms with E-state index >= 15 is 0 Å². The van der Waals surface area contributed by atoms with E-state index in [1.807, 2.05) is 5.43 Å². The Morgan fingerprint density at radius 1 is 1.29 bits per heavy atom. The highest BCUT2D eigenvalue weighted by molar-refractivity contribution is 5.91. The van der Waals surface area contributed by atoms with E-state index in [0.29, 0.717) is 11.5 Å². The zero-order chi connectivity index (χ0) is 15.7. The number of ether oxygens (including phenoxy) is 3. The third-order valence-corrected chi connectivity index (χ3v) is 2.40. The summed E-state index contributed by atoms with van der Waals surface area (Å²) in [7, 11) is 1.51. The number of methoxy groups -OCH3 is 1. The Hall–Kier alpha value is -2.54. The number of esters is 1. The quantitative estimate of drug-likeness (QED) is 0.191. The predicted molar refractivity (Wildman–Crippen MR) is 76.5 cm³/mol. The summed E-state index contributed by atoms with van der Waals surface area (Å²) < 4.78 is 15.4. The number of nitrogens with two attached hydrogens (primary N) is 1. The van der Waals surface area contributed by atoms with E-state index in [0.717, 1.165) is 5.56 Å². The highest BCUT2D eigenvalue weighted by Gasteiger charge is 2.05. The van der Waals surface area contributed by atoms with Crippen molar-refractivity contribution in [3.63, 3.8) is 0 Å². The lowest BCUT2D eigenvalue weighted by atomic mass is 10.2. The van der Waals surface area contributed by atoms with Crippen molar-refractivity contribution < 1.29 is 23.8 Å². The molecule has 0 heterocycles. The van der Waals surface area contributed by atoms with Gasteiger partial charge < -0.3 is 14.2 Å². The van der Waals surface area contributed by atoms with Crippen LogP contribution < -0.4 is 20.7 Å². The van der Waals surface area contributed by atoms with Gasteiger partial charge in [-0.1, -0.05) is 6.07 Å². The first-order valence-electron chi connectivity index (χ1n) is 6.19. The zero-order valence-electron chi connectivity index (χ0n) is 11.9. The van der Waals surface area contributed by atoms with Gasteiger partial charge in [-0.05, 0) is 23.8 Å². The van der Waals surface area contributed by atoms with E-state index in [1.165, 1.54) is 20.1 Å². The van der Waals surface area contributed by atoms with Crippen molar-refractivity contribution in [2.45, 2.75) is 6.92 Å². The van der Waals surface area contributed by atoms with E-state index in [1.54, 1.807) is 24.3 Å². The molecule has 0 saturated heterocycles. The minimum atomic E-state index is -0.407. The molecule has 0 radical (unpaired) electrons. The van der Waals surface area contributed by atoms with Gasteiger partial charge in [0, 0.05) is 13.0 Å². The SMILES string of the molecule is COc1cc(C=CC(=O)NN)ccc1OCCOC(C)=O. The Morgan fingerprint density at radius 2 is 2.05 bits per heavy atom. The highest BCUT2D eigenvalue weighted by atomic mass is 16.6. The molecule has 0 aromatic heterocycles. The largest absolute Gasteiger partial charge is 0.493 e. The number of carbonyl (C=O) groups excluding carboxylic acids is 2. The summed E-state index contributed by atoms with van der Waals surface area (Å²) >= 11 is 0. The number of amides is 1. The Kier molecular flexibility index (Phi) is 6.76. The third kappa shape index (κ3) is 5.96. The first kappa shape index (κ1) is 16.5. The van der Waals surface area contributed by atoms with Crippen LogP contribution in [0.3, 0.4) is 0 Å². The van der Waals surface area contributed by atoms with Crippen LogP contribution in [-0.2, 0) is 14.3 Å². The minimum absolute atomic E-state index is 0.164. The van der Waals surface area contributed by atoms with Gasteiger partial charge in [0.15, 0.2) is 11.5 Å². The minimum Gasteiger partial charge on any atom is -0.493 e. The first-order valence-corrected chi connectivity index (χ1v) is 6.19. The van der Waals surface area contributed by atoms with Crippen molar-refractivity contribution >= 4 is 18.0 Å². The summed E-state index contributed by atoms with van der Waals surface area (Å²) in [5, 5.41) is 0. The topological polar surface area (TPSA) is 99.9 Å². The molecule has 0 aliphatic rings. The molecular weight excluding hydrogens is 276 g/mol. The Morgan fingerprint density at radius 3 is 2.67 bits per heavy atom. The molecule has 7 nitrogen and oxygen atoms in total. The summed E-state index contributed by atoms with van der Waals surface area (Å²) in [4.78, 5) is 21.6. The highest BCUT2D eigenvalue weighted by Crippen LogP contribution is 2.28. The molecule has 0 bridgehead atoms. The van der Waals surface area contributed by atoms with Crippen molar-refractivity contribution in [3.05, 3.63) is 29.8 Å². The number of hydrogen-bond acceptors (Lipinski definition) is 6. The zero-order valence-corrected chi connectivity index (χ0v) is 11.9. The molecule has 0 fully saturated rings. The maximum Gasteiger partial charge on any atom is 0.302 e. The van der Waals surface area contributed by atoms with E-state index in [-0.39, 0.29) is 19.2 Å². The molecule has 1 aromatic carbocycles. The van der Waals surface area contributed by atoms with Crippen molar-refractivity contribution in [1.29, 1.82) is 0 Å². The first-order chi connectivity index (χ1) is 10.1. The molecule has 3 N–H and O–H groups in total. The molecule has 0 atom stereocenters. The standard InChI is InChI=1S/C14H18N2O5/c1-10(17)20-7-8-21-12-5-3-11(9-13(12)19-2)4-6-14(18)16-15/h3-6,9H,7-8,15H2,1-2H3,(H,16,18). The molecular formula is C14H18N2O5. The molecule has 1 rings (SSSR count). The summed E-state index contributed by atoms with van der Waals surface area (Å²) in [6.07, 6.45) is 2.89. The predicted octanol–water partition coefficient (Wildman–Crippen LogP) is 0.640. The van der Waals surface area contributed by atoms with Crippen molar-refractivity contribution in [2.75, 3.05) is 20.3 Å². The number of rotatable bonds is 7. The maximum absolute atomic E-state index is 11.0. The van der Waals surface area contributed by atoms with Crippen LogP contribution in [0.4, 0.5) is 0 Å². The number of benzene rings is 1. The van der Waals surface area contributed by atoms with E-state index in [2.05, 4.69) is 0 Å². The van der Waals surface area contributed by atoms with Gasteiger partial charge in [-0.2, -0.15) is 0 Å². The molecule has 0 aliphatic carbocycles. The lowest BCUT2D eigenvalue weighted by Crippen LogP contribution is -2.27. The second kappa shape index (κ2) is 8.60. The van der Waals surface area contributed by atoms with Gasteiger partial charge in [-0.15, -0.1) is 0 Å². The Labute approximate surface area is 122 Å². The van der Waals surface area contributed by atoms with Crippen LogP contribution in [0.5, 0.6) is 11.5 Å². The number of hydrazine groups is 1. The second-order valence-electron chi connectivity index (χ2n) is 3.94. The van der Waals surface area contributed by atoms with Gasteiger partial charge in [-0.25, -0.2) is 5.84 Å². The van der Waals surface area contributed by atoms with E-state index in [4.69, 9.17) is 20.1 Å². The van der Waals surface area contributed by atoms with Crippen LogP contribution >= 0.6 is 0 Å². The normalized spacial score (nSPS) is 10.2. The summed E-state index contributed by atoms with van der Waals surface area (Å²) in [5.41, 5.74) is 2.75. The summed E-state index contributed by atoms with van der Waals surface area (Å²) in [5.74, 6) is 5.24. The van der Waals surface area contributed by atoms with Gasteiger partial charge in [0.05, 0.1) is 7.11 Å². The molecule has 0 unspecified atom stereocenters. The fourth-order valence-electron chi connectivity index (χ4n) is 1.46. The van der Waals surface area contributed by atoms with Crippen LogP contribution in [0.15, 0.2) is 24.3 Å². The second-order valence-corrected chi connectivity index (χ2v) is 3.94. The molecule has 1 aromatic rings. The Balaban J connectivity index is 2.68. The third-order valence-electron chi connectivity index (χ3n) is 2.40. The fourth-order valence-corrected chi connectivity index (χ4v) is 1.46. The molecule has 0 saturated carbocycles. The van der Waals surface area contributed by atoms with Gasteiger partial charge in [0.25, 0.3) is 5.91 Å². The van der Waals surface area contributed by atoms with Crippen molar-refractivity contribution in [3.8, 4) is 11.5 Å². The lowest BCUT2D eigenvalue weighted by molar-refractivity contribution is -0.141. The van der Waals surface area contributed by atoms with Crippen LogP contribution in [0.25, 0.3) is 6.08 Å². The average Bonchev–Trinajstić information content (AvgIpc) is 2.49. The van der Waals surface area contributed by atoms with Gasteiger partial charge in [0.1, 0.15) is 13.2 Å². The number of hydrogen-bond donors (Lipinski definition) is 2. The summed E-state index contributed by atoms with van der Waals surface area (Å²) in [6, 6.07) is 5.16. The van der Waals surface area contributed by atoms with E-state index in [9.17, 15) is 9.59 Å². The van der Waals surface area contributed by atoms with Crippen molar-refractivity contribution in [1.82, 2.24) is 5.43 Å². The Bertz CT molecular complexity index is 528. The monoisotopic (exact) mass is 294 g/mol. The molecule has 21 heavy (non-hydrogen) atoms. The average molecular weight is 294 g/mol. The van der Waals surface area contributed by atoms with Crippen LogP contribution in [0.1, 0.15) is 12.5 Å². The van der Waals surface area contributed by atoms with Crippen LogP contribution in [0, 0.1) is 0 Å². The molecule has 7 heteroatoms. The molecule has 0 aliphatic heterocycles. The maximum atomic E-state index is 11.0. The smallest absolute Gasteiger partial charge is 0.302 e.